The van der Waals surface area contributed by atoms with Crippen molar-refractivity contribution in [1.29, 1.82) is 0 Å². The van der Waals surface area contributed by atoms with E-state index in [9.17, 15) is 8.78 Å². The van der Waals surface area contributed by atoms with Gasteiger partial charge in [-0.25, -0.2) is 8.78 Å². The van der Waals surface area contributed by atoms with Gasteiger partial charge in [0.1, 0.15) is 0 Å². The number of nitrogens with one attached hydrogen (secondary N) is 1. The van der Waals surface area contributed by atoms with Crippen molar-refractivity contribution in [3.05, 3.63) is 53.4 Å². The van der Waals surface area contributed by atoms with Crippen LogP contribution in [0.2, 0.25) is 0 Å². The second kappa shape index (κ2) is 6.58. The topological polar surface area (TPSA) is 50.1 Å². The molecule has 1 unspecified atom stereocenters. The van der Waals surface area contributed by atoms with Gasteiger partial charge in [0.05, 0.1) is 19.3 Å². The highest BCUT2D eigenvalue weighted by atomic mass is 19.2. The van der Waals surface area contributed by atoms with Crippen molar-refractivity contribution in [3.63, 3.8) is 0 Å². The molecule has 2 N–H and O–H groups in total. The van der Waals surface area contributed by atoms with Gasteiger partial charge in [-0.3, -0.25) is 4.68 Å². The van der Waals surface area contributed by atoms with E-state index in [1.807, 2.05) is 13.1 Å². The minimum absolute atomic E-state index is 0.0415. The molecule has 1 atom stereocenters. The van der Waals surface area contributed by atoms with Crippen LogP contribution in [0.3, 0.4) is 0 Å². The molecule has 4 nitrogen and oxygen atoms in total. The fraction of sp³-hybridized carbons (Fsp3) is 0.357. The number of hydrogen-bond donors (Lipinski definition) is 2. The first-order chi connectivity index (χ1) is 9.60. The van der Waals surface area contributed by atoms with Crippen LogP contribution in [0.1, 0.15) is 24.1 Å². The molecule has 108 valence electrons. The fourth-order valence-electron chi connectivity index (χ4n) is 1.89. The van der Waals surface area contributed by atoms with Crippen molar-refractivity contribution >= 4 is 0 Å². The lowest BCUT2D eigenvalue weighted by atomic mass is 10.1. The van der Waals surface area contributed by atoms with Crippen molar-refractivity contribution in [2.75, 3.05) is 6.61 Å². The molecule has 1 aromatic heterocycles. The van der Waals surface area contributed by atoms with Gasteiger partial charge in [0.15, 0.2) is 11.6 Å². The summed E-state index contributed by atoms with van der Waals surface area (Å²) < 4.78 is 27.7. The monoisotopic (exact) mass is 281 g/mol. The van der Waals surface area contributed by atoms with Crippen molar-refractivity contribution < 1.29 is 13.9 Å². The third-order valence-corrected chi connectivity index (χ3v) is 3.07. The third kappa shape index (κ3) is 3.61. The van der Waals surface area contributed by atoms with Crippen LogP contribution in [0.5, 0.6) is 0 Å². The number of aliphatic hydroxyl groups excluding tert-OH is 1. The number of rotatable bonds is 6. The third-order valence-electron chi connectivity index (χ3n) is 3.07. The first kappa shape index (κ1) is 14.6. The Kier molecular flexibility index (Phi) is 4.81. The molecule has 1 aromatic carbocycles. The SMILES string of the molecule is CC(NCc1cnn(CCO)c1)c1ccc(F)c(F)c1. The molecule has 0 aliphatic heterocycles. The van der Waals surface area contributed by atoms with Gasteiger partial charge in [0.25, 0.3) is 0 Å². The van der Waals surface area contributed by atoms with Gasteiger partial charge in [-0.2, -0.15) is 5.10 Å². The Hall–Kier alpha value is -1.79. The van der Waals surface area contributed by atoms with Crippen LogP contribution >= 0.6 is 0 Å². The van der Waals surface area contributed by atoms with Crippen molar-refractivity contribution in [1.82, 2.24) is 15.1 Å². The minimum atomic E-state index is -0.841. The highest BCUT2D eigenvalue weighted by Crippen LogP contribution is 2.16. The van der Waals surface area contributed by atoms with Crippen molar-refractivity contribution in [2.24, 2.45) is 0 Å². The molecule has 0 aliphatic rings. The first-order valence-electron chi connectivity index (χ1n) is 6.40. The molecule has 0 saturated heterocycles. The molecule has 0 saturated carbocycles. The molecule has 1 heterocycles. The molecule has 2 rings (SSSR count). The number of aliphatic hydroxyl groups is 1. The van der Waals surface area contributed by atoms with Crippen LogP contribution in [0, 0.1) is 11.6 Å². The van der Waals surface area contributed by atoms with E-state index in [-0.39, 0.29) is 12.6 Å². The van der Waals surface area contributed by atoms with Crippen LogP contribution in [0.15, 0.2) is 30.6 Å². The van der Waals surface area contributed by atoms with E-state index in [1.54, 1.807) is 16.9 Å². The standard InChI is InChI=1S/C14H17F2N3O/c1-10(12-2-3-13(15)14(16)6-12)17-7-11-8-18-19(9-11)4-5-20/h2-3,6,8-10,17,20H,4-5,7H2,1H3. The number of hydrogen-bond acceptors (Lipinski definition) is 3. The summed E-state index contributed by atoms with van der Waals surface area (Å²) in [6.07, 6.45) is 3.54. The summed E-state index contributed by atoms with van der Waals surface area (Å²) >= 11 is 0. The zero-order chi connectivity index (χ0) is 14.5. The summed E-state index contributed by atoms with van der Waals surface area (Å²) in [7, 11) is 0. The molecule has 0 spiro atoms. The lowest BCUT2D eigenvalue weighted by Gasteiger charge is -2.13. The predicted molar refractivity (Wildman–Crippen MR) is 70.9 cm³/mol. The van der Waals surface area contributed by atoms with E-state index in [2.05, 4.69) is 10.4 Å². The minimum Gasteiger partial charge on any atom is -0.394 e. The molecule has 0 aliphatic carbocycles. The molecule has 0 fully saturated rings. The van der Waals surface area contributed by atoms with Crippen LogP contribution in [0.4, 0.5) is 8.78 Å². The summed E-state index contributed by atoms with van der Waals surface area (Å²) in [4.78, 5) is 0. The lowest BCUT2D eigenvalue weighted by molar-refractivity contribution is 0.269. The molecular formula is C14H17F2N3O. The zero-order valence-corrected chi connectivity index (χ0v) is 11.2. The summed E-state index contributed by atoms with van der Waals surface area (Å²) in [6, 6.07) is 3.78. The van der Waals surface area contributed by atoms with Gasteiger partial charge in [-0.1, -0.05) is 6.07 Å². The van der Waals surface area contributed by atoms with Gasteiger partial charge >= 0.3 is 0 Å². The molecule has 0 amide bonds. The summed E-state index contributed by atoms with van der Waals surface area (Å²) in [6.45, 7) is 2.94. The van der Waals surface area contributed by atoms with E-state index in [0.717, 1.165) is 11.6 Å². The highest BCUT2D eigenvalue weighted by molar-refractivity contribution is 5.21. The predicted octanol–water partition coefficient (Wildman–Crippen LogP) is 2.00. The van der Waals surface area contributed by atoms with E-state index in [1.165, 1.54) is 6.07 Å². The number of halogens is 2. The van der Waals surface area contributed by atoms with Gasteiger partial charge in [0.2, 0.25) is 0 Å². The van der Waals surface area contributed by atoms with Crippen molar-refractivity contribution in [2.45, 2.75) is 26.1 Å². The molecular weight excluding hydrogens is 264 g/mol. The highest BCUT2D eigenvalue weighted by Gasteiger charge is 2.09. The number of benzene rings is 1. The maximum absolute atomic E-state index is 13.2. The Bertz CT molecular complexity index is 571. The van der Waals surface area contributed by atoms with Crippen LogP contribution in [0.25, 0.3) is 0 Å². The maximum Gasteiger partial charge on any atom is 0.159 e. The Morgan fingerprint density at radius 1 is 1.35 bits per heavy atom. The van der Waals surface area contributed by atoms with Gasteiger partial charge in [-0.15, -0.1) is 0 Å². The van der Waals surface area contributed by atoms with Gasteiger partial charge in [-0.05, 0) is 24.6 Å². The second-order valence-electron chi connectivity index (χ2n) is 4.61. The summed E-state index contributed by atoms with van der Waals surface area (Å²) in [5.41, 5.74) is 1.65. The average Bonchev–Trinajstić information content (AvgIpc) is 2.87. The zero-order valence-electron chi connectivity index (χ0n) is 11.2. The van der Waals surface area contributed by atoms with E-state index < -0.39 is 11.6 Å². The first-order valence-corrected chi connectivity index (χ1v) is 6.40. The Morgan fingerprint density at radius 2 is 2.15 bits per heavy atom. The van der Waals surface area contributed by atoms with E-state index in [0.29, 0.717) is 18.7 Å². The smallest absolute Gasteiger partial charge is 0.159 e. The number of aromatic nitrogens is 2. The maximum atomic E-state index is 13.2. The van der Waals surface area contributed by atoms with Crippen LogP contribution < -0.4 is 5.32 Å². The number of nitrogens with zero attached hydrogens (tertiary/aromatic N) is 2. The molecule has 6 heteroatoms. The molecule has 20 heavy (non-hydrogen) atoms. The Balaban J connectivity index is 1.93. The summed E-state index contributed by atoms with van der Waals surface area (Å²) in [5.74, 6) is -1.68. The Morgan fingerprint density at radius 3 is 2.85 bits per heavy atom. The summed E-state index contributed by atoms with van der Waals surface area (Å²) in [5, 5.41) is 16.1. The lowest BCUT2D eigenvalue weighted by Crippen LogP contribution is -2.18. The normalized spacial score (nSPS) is 12.6. The van der Waals surface area contributed by atoms with Gasteiger partial charge < -0.3 is 10.4 Å². The van der Waals surface area contributed by atoms with E-state index in [4.69, 9.17) is 5.11 Å². The van der Waals surface area contributed by atoms with Crippen LogP contribution in [-0.2, 0) is 13.1 Å². The van der Waals surface area contributed by atoms with Crippen molar-refractivity contribution in [3.8, 4) is 0 Å². The van der Waals surface area contributed by atoms with E-state index >= 15 is 0 Å². The second-order valence-corrected chi connectivity index (χ2v) is 4.61. The average molecular weight is 281 g/mol. The quantitative estimate of drug-likeness (QED) is 0.851. The van der Waals surface area contributed by atoms with Gasteiger partial charge in [0, 0.05) is 24.3 Å². The fourth-order valence-corrected chi connectivity index (χ4v) is 1.89. The molecule has 0 bridgehead atoms. The van der Waals surface area contributed by atoms with Crippen LogP contribution in [-0.4, -0.2) is 21.5 Å². The molecule has 2 aromatic rings. The largest absolute Gasteiger partial charge is 0.394 e. The molecule has 0 radical (unpaired) electrons. The Labute approximate surface area is 116 Å².